The third kappa shape index (κ3) is 1.89. The third-order valence-electron chi connectivity index (χ3n) is 3.06. The summed E-state index contributed by atoms with van der Waals surface area (Å²) < 4.78 is 0. The van der Waals surface area contributed by atoms with Gasteiger partial charge in [-0.25, -0.2) is 0 Å². The van der Waals surface area contributed by atoms with Gasteiger partial charge in [0.15, 0.2) is 0 Å². The van der Waals surface area contributed by atoms with Crippen LogP contribution in [0.15, 0.2) is 54.6 Å². The maximum atomic E-state index is 3.35. The van der Waals surface area contributed by atoms with Gasteiger partial charge in [-0.05, 0) is 27.6 Å². The van der Waals surface area contributed by atoms with Crippen LogP contribution in [0.5, 0.6) is 0 Å². The first-order chi connectivity index (χ1) is 8.90. The predicted molar refractivity (Wildman–Crippen MR) is 82.1 cm³/mol. The first kappa shape index (κ1) is 11.3. The van der Waals surface area contributed by atoms with E-state index in [0.717, 1.165) is 5.56 Å². The number of hydrogen-bond donors (Lipinski definition) is 0. The van der Waals surface area contributed by atoms with E-state index in [2.05, 4.69) is 82.4 Å². The van der Waals surface area contributed by atoms with E-state index in [4.69, 9.17) is 0 Å². The SMILES string of the molecule is BrCC#Cc1cc2ccccc2c2ccccc12. The molecular formula is C17H11Br. The van der Waals surface area contributed by atoms with E-state index >= 15 is 0 Å². The van der Waals surface area contributed by atoms with Gasteiger partial charge in [0.1, 0.15) is 0 Å². The van der Waals surface area contributed by atoms with E-state index in [1.165, 1.54) is 21.5 Å². The fraction of sp³-hybridized carbons (Fsp3) is 0.0588. The summed E-state index contributed by atoms with van der Waals surface area (Å²) in [5.74, 6) is 6.32. The maximum Gasteiger partial charge on any atom is 0.0649 e. The monoisotopic (exact) mass is 294 g/mol. The summed E-state index contributed by atoms with van der Waals surface area (Å²) in [4.78, 5) is 0. The highest BCUT2D eigenvalue weighted by Gasteiger charge is 2.03. The average Bonchev–Trinajstić information content (AvgIpc) is 2.45. The lowest BCUT2D eigenvalue weighted by Gasteiger charge is -2.06. The minimum absolute atomic E-state index is 0.703. The summed E-state index contributed by atoms with van der Waals surface area (Å²) in [5, 5.41) is 5.74. The Morgan fingerprint density at radius 2 is 1.50 bits per heavy atom. The second kappa shape index (κ2) is 4.84. The Hall–Kier alpha value is -1.78. The maximum absolute atomic E-state index is 3.35. The van der Waals surface area contributed by atoms with Crippen LogP contribution in [0.25, 0.3) is 21.5 Å². The summed E-state index contributed by atoms with van der Waals surface area (Å²) in [6.45, 7) is 0. The van der Waals surface area contributed by atoms with Crippen molar-refractivity contribution in [2.24, 2.45) is 0 Å². The van der Waals surface area contributed by atoms with Crippen LogP contribution in [-0.4, -0.2) is 5.33 Å². The molecule has 3 aromatic carbocycles. The molecule has 0 aromatic heterocycles. The van der Waals surface area contributed by atoms with E-state index < -0.39 is 0 Å². The van der Waals surface area contributed by atoms with Gasteiger partial charge in [0.25, 0.3) is 0 Å². The lowest BCUT2D eigenvalue weighted by molar-refractivity contribution is 1.72. The molecule has 0 nitrogen and oxygen atoms in total. The van der Waals surface area contributed by atoms with Crippen LogP contribution >= 0.6 is 15.9 Å². The molecule has 0 aliphatic rings. The Bertz CT molecular complexity index is 776. The zero-order valence-corrected chi connectivity index (χ0v) is 11.4. The van der Waals surface area contributed by atoms with Crippen molar-refractivity contribution in [1.82, 2.24) is 0 Å². The van der Waals surface area contributed by atoms with Crippen LogP contribution in [0.4, 0.5) is 0 Å². The quantitative estimate of drug-likeness (QED) is 0.319. The standard InChI is InChI=1S/C17H11Br/c18-11-5-7-14-12-13-6-1-2-8-15(13)17-10-4-3-9-16(14)17/h1-4,6,8-10,12H,11H2. The summed E-state index contributed by atoms with van der Waals surface area (Å²) in [6.07, 6.45) is 0. The molecule has 0 aliphatic heterocycles. The second-order valence-electron chi connectivity index (χ2n) is 4.13. The highest BCUT2D eigenvalue weighted by atomic mass is 79.9. The topological polar surface area (TPSA) is 0 Å². The molecule has 0 bridgehead atoms. The Labute approximate surface area is 115 Å². The number of hydrogen-bond acceptors (Lipinski definition) is 0. The van der Waals surface area contributed by atoms with Crippen LogP contribution in [0.2, 0.25) is 0 Å². The largest absolute Gasteiger partial charge is 0.0863 e. The molecule has 1 heteroatoms. The van der Waals surface area contributed by atoms with E-state index in [0.29, 0.717) is 5.33 Å². The van der Waals surface area contributed by atoms with Gasteiger partial charge in [-0.2, -0.15) is 0 Å². The van der Waals surface area contributed by atoms with Crippen LogP contribution in [0.3, 0.4) is 0 Å². The van der Waals surface area contributed by atoms with Gasteiger partial charge in [0.05, 0.1) is 5.33 Å². The molecule has 3 rings (SSSR count). The number of fused-ring (bicyclic) bond motifs is 3. The number of rotatable bonds is 0. The van der Waals surface area contributed by atoms with Crippen LogP contribution in [-0.2, 0) is 0 Å². The Morgan fingerprint density at radius 3 is 2.28 bits per heavy atom. The fourth-order valence-electron chi connectivity index (χ4n) is 2.29. The van der Waals surface area contributed by atoms with Gasteiger partial charge in [0, 0.05) is 5.56 Å². The second-order valence-corrected chi connectivity index (χ2v) is 4.69. The van der Waals surface area contributed by atoms with Crippen molar-refractivity contribution in [2.45, 2.75) is 0 Å². The number of benzene rings is 3. The van der Waals surface area contributed by atoms with Gasteiger partial charge in [-0.1, -0.05) is 76.3 Å². The summed E-state index contributed by atoms with van der Waals surface area (Å²) >= 11 is 3.35. The highest BCUT2D eigenvalue weighted by Crippen LogP contribution is 2.28. The van der Waals surface area contributed by atoms with Crippen LogP contribution < -0.4 is 0 Å². The van der Waals surface area contributed by atoms with Crippen molar-refractivity contribution in [2.75, 3.05) is 5.33 Å². The van der Waals surface area contributed by atoms with Crippen molar-refractivity contribution in [1.29, 1.82) is 0 Å². The van der Waals surface area contributed by atoms with E-state index in [1.807, 2.05) is 0 Å². The molecule has 0 N–H and O–H groups in total. The van der Waals surface area contributed by atoms with Crippen LogP contribution in [0.1, 0.15) is 5.56 Å². The summed E-state index contributed by atoms with van der Waals surface area (Å²) in [6, 6.07) is 19.1. The van der Waals surface area contributed by atoms with Gasteiger partial charge in [-0.3, -0.25) is 0 Å². The smallest absolute Gasteiger partial charge is 0.0649 e. The lowest BCUT2D eigenvalue weighted by Crippen LogP contribution is -1.83. The highest BCUT2D eigenvalue weighted by molar-refractivity contribution is 9.09. The minimum Gasteiger partial charge on any atom is -0.0863 e. The molecule has 86 valence electrons. The molecular weight excluding hydrogens is 284 g/mol. The summed E-state index contributed by atoms with van der Waals surface area (Å²) in [7, 11) is 0. The molecule has 0 saturated carbocycles. The Morgan fingerprint density at radius 1 is 0.833 bits per heavy atom. The van der Waals surface area contributed by atoms with Crippen LogP contribution in [0, 0.1) is 11.8 Å². The predicted octanol–water partition coefficient (Wildman–Crippen LogP) is 4.74. The van der Waals surface area contributed by atoms with Gasteiger partial charge < -0.3 is 0 Å². The van der Waals surface area contributed by atoms with Gasteiger partial charge >= 0.3 is 0 Å². The van der Waals surface area contributed by atoms with Crippen molar-refractivity contribution in [3.05, 3.63) is 60.2 Å². The van der Waals surface area contributed by atoms with Crippen molar-refractivity contribution < 1.29 is 0 Å². The fourth-order valence-corrected chi connectivity index (χ4v) is 2.43. The minimum atomic E-state index is 0.703. The zero-order chi connectivity index (χ0) is 12.4. The first-order valence-corrected chi connectivity index (χ1v) is 6.97. The average molecular weight is 295 g/mol. The van der Waals surface area contributed by atoms with Gasteiger partial charge in [0.2, 0.25) is 0 Å². The molecule has 0 atom stereocenters. The summed E-state index contributed by atoms with van der Waals surface area (Å²) in [5.41, 5.74) is 1.10. The molecule has 3 aromatic rings. The molecule has 0 fully saturated rings. The molecule has 0 heterocycles. The van der Waals surface area contributed by atoms with E-state index in [9.17, 15) is 0 Å². The molecule has 0 saturated heterocycles. The molecule has 0 unspecified atom stereocenters. The molecule has 18 heavy (non-hydrogen) atoms. The first-order valence-electron chi connectivity index (χ1n) is 5.85. The molecule has 0 spiro atoms. The van der Waals surface area contributed by atoms with E-state index in [1.54, 1.807) is 0 Å². The number of alkyl halides is 1. The normalized spacial score (nSPS) is 10.3. The Kier molecular flexibility index (Phi) is 3.04. The Balaban J connectivity index is 2.46. The molecule has 0 aliphatic carbocycles. The molecule has 0 radical (unpaired) electrons. The zero-order valence-electron chi connectivity index (χ0n) is 9.78. The van der Waals surface area contributed by atoms with Crippen molar-refractivity contribution in [3.63, 3.8) is 0 Å². The lowest BCUT2D eigenvalue weighted by atomic mass is 9.97. The molecule has 0 amide bonds. The third-order valence-corrected chi connectivity index (χ3v) is 3.34. The van der Waals surface area contributed by atoms with E-state index in [-0.39, 0.29) is 0 Å². The number of halogens is 1. The van der Waals surface area contributed by atoms with Gasteiger partial charge in [-0.15, -0.1) is 0 Å². The van der Waals surface area contributed by atoms with Crippen molar-refractivity contribution >= 4 is 37.5 Å². The van der Waals surface area contributed by atoms with Crippen molar-refractivity contribution in [3.8, 4) is 11.8 Å².